The molecule has 4 aromatic rings. The summed E-state index contributed by atoms with van der Waals surface area (Å²) in [6.07, 6.45) is 5.08. The smallest absolute Gasteiger partial charge is 0.159 e. The second kappa shape index (κ2) is 14.5. The lowest BCUT2D eigenvalue weighted by atomic mass is 10.0. The molecule has 0 unspecified atom stereocenters. The van der Waals surface area contributed by atoms with Crippen molar-refractivity contribution in [3.8, 4) is 46.1 Å². The van der Waals surface area contributed by atoms with Gasteiger partial charge in [-0.05, 0) is 87.4 Å². The van der Waals surface area contributed by atoms with E-state index < -0.39 is 43.0 Å². The molecule has 0 saturated heterocycles. The SMILES string of the molecule is C#Cc1ccc(-c2ccc(F)c(F)c2)cc1F.CC(C)[Si](C#Cc1ccc(-c2ccc(F)c(F)c2)cc1F)(C(C)C)C(C)C. The van der Waals surface area contributed by atoms with Crippen LogP contribution in [0.2, 0.25) is 16.6 Å². The van der Waals surface area contributed by atoms with E-state index >= 15 is 0 Å². The first-order valence-corrected chi connectivity index (χ1v) is 16.4. The van der Waals surface area contributed by atoms with Crippen LogP contribution < -0.4 is 0 Å². The Morgan fingerprint density at radius 2 is 0.818 bits per heavy atom. The Kier molecular flexibility index (Phi) is 11.3. The molecule has 0 aliphatic heterocycles. The van der Waals surface area contributed by atoms with Crippen LogP contribution >= 0.6 is 0 Å². The minimum Gasteiger partial charge on any atom is -0.206 e. The van der Waals surface area contributed by atoms with E-state index in [1.807, 2.05) is 0 Å². The van der Waals surface area contributed by atoms with Crippen LogP contribution in [0.25, 0.3) is 22.3 Å². The molecular formula is C37H34F6Si. The molecule has 0 nitrogen and oxygen atoms in total. The number of benzene rings is 4. The van der Waals surface area contributed by atoms with Crippen LogP contribution in [0.15, 0.2) is 72.8 Å². The van der Waals surface area contributed by atoms with Gasteiger partial charge in [-0.2, -0.15) is 0 Å². The van der Waals surface area contributed by atoms with Crippen molar-refractivity contribution in [2.24, 2.45) is 0 Å². The molecule has 7 heteroatoms. The van der Waals surface area contributed by atoms with E-state index in [-0.39, 0.29) is 5.56 Å². The molecule has 0 fully saturated rings. The van der Waals surface area contributed by atoms with Crippen molar-refractivity contribution >= 4 is 8.07 Å². The highest BCUT2D eigenvalue weighted by atomic mass is 28.3. The Balaban J connectivity index is 0.000000266. The molecule has 228 valence electrons. The van der Waals surface area contributed by atoms with Crippen molar-refractivity contribution < 1.29 is 26.3 Å². The van der Waals surface area contributed by atoms with Crippen LogP contribution in [-0.2, 0) is 0 Å². The summed E-state index contributed by atoms with van der Waals surface area (Å²) in [5.74, 6) is 0.516. The summed E-state index contributed by atoms with van der Waals surface area (Å²) in [7, 11) is -1.94. The summed E-state index contributed by atoms with van der Waals surface area (Å²) >= 11 is 0. The van der Waals surface area contributed by atoms with Gasteiger partial charge in [-0.3, -0.25) is 0 Å². The first-order chi connectivity index (χ1) is 20.7. The average Bonchev–Trinajstić information content (AvgIpc) is 2.96. The van der Waals surface area contributed by atoms with E-state index in [4.69, 9.17) is 6.42 Å². The van der Waals surface area contributed by atoms with Crippen molar-refractivity contribution in [2.45, 2.75) is 58.2 Å². The fraction of sp³-hybridized carbons (Fsp3) is 0.243. The fourth-order valence-corrected chi connectivity index (χ4v) is 10.8. The highest BCUT2D eigenvalue weighted by molar-refractivity contribution is 6.90. The molecule has 4 aromatic carbocycles. The van der Waals surface area contributed by atoms with Gasteiger partial charge in [0.1, 0.15) is 19.7 Å². The largest absolute Gasteiger partial charge is 0.206 e. The van der Waals surface area contributed by atoms with Crippen LogP contribution in [-0.4, -0.2) is 8.07 Å². The third kappa shape index (κ3) is 7.65. The van der Waals surface area contributed by atoms with E-state index in [9.17, 15) is 26.3 Å². The van der Waals surface area contributed by atoms with Crippen LogP contribution in [0.5, 0.6) is 0 Å². The summed E-state index contributed by atoms with van der Waals surface area (Å²) < 4.78 is 80.3. The number of halogens is 6. The second-order valence-corrected chi connectivity index (χ2v) is 17.0. The van der Waals surface area contributed by atoms with Crippen LogP contribution in [0, 0.1) is 58.7 Å². The molecule has 0 N–H and O–H groups in total. The van der Waals surface area contributed by atoms with E-state index in [0.29, 0.717) is 44.4 Å². The molecule has 0 amide bonds. The second-order valence-electron chi connectivity index (χ2n) is 11.4. The Bertz CT molecular complexity index is 1720. The maximum Gasteiger partial charge on any atom is 0.159 e. The quantitative estimate of drug-likeness (QED) is 0.118. The predicted molar refractivity (Wildman–Crippen MR) is 169 cm³/mol. The van der Waals surface area contributed by atoms with Crippen molar-refractivity contribution in [3.63, 3.8) is 0 Å². The van der Waals surface area contributed by atoms with Crippen LogP contribution in [0.3, 0.4) is 0 Å². The van der Waals surface area contributed by atoms with E-state index in [2.05, 4.69) is 58.9 Å². The molecule has 4 rings (SSSR count). The van der Waals surface area contributed by atoms with E-state index in [1.54, 1.807) is 18.2 Å². The van der Waals surface area contributed by atoms with Crippen LogP contribution in [0.1, 0.15) is 52.7 Å². The highest BCUT2D eigenvalue weighted by Crippen LogP contribution is 2.41. The number of terminal acetylenes is 1. The van der Waals surface area contributed by atoms with Crippen molar-refractivity contribution in [3.05, 3.63) is 119 Å². The number of rotatable bonds is 5. The summed E-state index contributed by atoms with van der Waals surface area (Å²) in [6.45, 7) is 13.3. The molecule has 0 aliphatic rings. The molecule has 0 aromatic heterocycles. The average molecular weight is 621 g/mol. The maximum absolute atomic E-state index is 14.6. The van der Waals surface area contributed by atoms with Crippen LogP contribution in [0.4, 0.5) is 26.3 Å². The Hall–Kier alpha value is -4.20. The summed E-state index contributed by atoms with van der Waals surface area (Å²) in [5, 5.41) is 0. The van der Waals surface area contributed by atoms with Gasteiger partial charge in [-0.25, -0.2) is 26.3 Å². The van der Waals surface area contributed by atoms with E-state index in [0.717, 1.165) is 24.3 Å². The Labute approximate surface area is 257 Å². The van der Waals surface area contributed by atoms with Gasteiger partial charge < -0.3 is 0 Å². The van der Waals surface area contributed by atoms with Gasteiger partial charge in [0.2, 0.25) is 0 Å². The Morgan fingerprint density at radius 1 is 0.477 bits per heavy atom. The number of hydrogen-bond donors (Lipinski definition) is 0. The monoisotopic (exact) mass is 620 g/mol. The topological polar surface area (TPSA) is 0 Å². The van der Waals surface area contributed by atoms with Gasteiger partial charge in [0, 0.05) is 0 Å². The first kappa shape index (κ1) is 34.3. The van der Waals surface area contributed by atoms with Crippen molar-refractivity contribution in [1.29, 1.82) is 0 Å². The predicted octanol–water partition coefficient (Wildman–Crippen LogP) is 11.1. The normalized spacial score (nSPS) is 11.1. The lowest BCUT2D eigenvalue weighted by molar-refractivity contribution is 0.509. The summed E-state index contributed by atoms with van der Waals surface area (Å²) in [4.78, 5) is 0. The highest BCUT2D eigenvalue weighted by Gasteiger charge is 2.41. The lowest BCUT2D eigenvalue weighted by Gasteiger charge is -2.38. The van der Waals surface area contributed by atoms with Gasteiger partial charge in [0.05, 0.1) is 11.1 Å². The van der Waals surface area contributed by atoms with Gasteiger partial charge in [0.25, 0.3) is 0 Å². The standard InChI is InChI=1S/C23H27F3Si.C14H7F3/c1-15(2)27(16(3)4,17(5)6)12-11-18-7-8-19(13-22(18)25)20-9-10-21(24)23(26)14-20;1-2-9-3-4-10(7-13(9)16)11-5-6-12(15)14(17)8-11/h7-10,13-17H,1-6H3;1,3-8H. The minimum atomic E-state index is -1.94. The molecule has 0 bridgehead atoms. The number of hydrogen-bond acceptors (Lipinski definition) is 0. The van der Waals surface area contributed by atoms with Gasteiger partial charge in [-0.1, -0.05) is 77.6 Å². The lowest BCUT2D eigenvalue weighted by Crippen LogP contribution is -2.43. The zero-order chi connectivity index (χ0) is 32.8. The molecule has 0 saturated carbocycles. The molecule has 44 heavy (non-hydrogen) atoms. The summed E-state index contributed by atoms with van der Waals surface area (Å²) in [5.41, 5.74) is 7.16. The van der Waals surface area contributed by atoms with Gasteiger partial charge in [0.15, 0.2) is 23.3 Å². The maximum atomic E-state index is 14.6. The molecule has 0 spiro atoms. The van der Waals surface area contributed by atoms with Gasteiger partial charge in [-0.15, -0.1) is 12.0 Å². The minimum absolute atomic E-state index is 0.135. The third-order valence-electron chi connectivity index (χ3n) is 7.88. The molecular weight excluding hydrogens is 586 g/mol. The molecule has 0 heterocycles. The zero-order valence-corrected chi connectivity index (χ0v) is 26.5. The molecule has 0 aliphatic carbocycles. The first-order valence-electron chi connectivity index (χ1n) is 14.2. The van der Waals surface area contributed by atoms with E-state index in [1.165, 1.54) is 30.3 Å². The molecule has 0 atom stereocenters. The van der Waals surface area contributed by atoms with Gasteiger partial charge >= 0.3 is 0 Å². The molecule has 0 radical (unpaired) electrons. The Morgan fingerprint density at radius 3 is 1.14 bits per heavy atom. The fourth-order valence-electron chi connectivity index (χ4n) is 5.57. The van der Waals surface area contributed by atoms with Crippen molar-refractivity contribution in [2.75, 3.05) is 0 Å². The summed E-state index contributed by atoms with van der Waals surface area (Å²) in [6, 6.07) is 15.8. The third-order valence-corrected chi connectivity index (χ3v) is 14.2. The van der Waals surface area contributed by atoms with Crippen molar-refractivity contribution in [1.82, 2.24) is 0 Å². The zero-order valence-electron chi connectivity index (χ0n) is 25.5.